The highest BCUT2D eigenvalue weighted by molar-refractivity contribution is 5.79. The highest BCUT2D eigenvalue weighted by Gasteiger charge is 2.18. The summed E-state index contributed by atoms with van der Waals surface area (Å²) < 4.78 is 38.6. The zero-order chi connectivity index (χ0) is 25.9. The van der Waals surface area contributed by atoms with Crippen LogP contribution in [0.3, 0.4) is 0 Å². The third-order valence-electron chi connectivity index (χ3n) is 3.20. The highest BCUT2D eigenvalue weighted by atomic mass is 16.6. The average Bonchev–Trinajstić information content (AvgIpc) is 2.82. The van der Waals surface area contributed by atoms with Gasteiger partial charge in [0.2, 0.25) is 0 Å². The Morgan fingerprint density at radius 2 is 1.38 bits per heavy atom. The van der Waals surface area contributed by atoms with Crippen molar-refractivity contribution in [1.29, 1.82) is 0 Å². The number of nitrogens with zero attached hydrogens (tertiary/aromatic N) is 3. The average molecular weight is 497 g/mol. The number of methoxy groups -OCH3 is 2. The topological polar surface area (TPSA) is 194 Å². The molecule has 15 nitrogen and oxygen atoms in total. The van der Waals surface area contributed by atoms with Crippen molar-refractivity contribution in [2.45, 2.75) is 13.0 Å². The van der Waals surface area contributed by atoms with Crippen LogP contribution in [0.5, 0.6) is 0 Å². The van der Waals surface area contributed by atoms with Gasteiger partial charge >= 0.3 is 17.9 Å². The van der Waals surface area contributed by atoms with Crippen LogP contribution in [0.2, 0.25) is 0 Å². The molecule has 34 heavy (non-hydrogen) atoms. The van der Waals surface area contributed by atoms with Gasteiger partial charge in [-0.2, -0.15) is 0 Å². The third-order valence-corrected chi connectivity index (χ3v) is 3.20. The second-order valence-electron chi connectivity index (χ2n) is 5.90. The van der Waals surface area contributed by atoms with Crippen molar-refractivity contribution in [3.63, 3.8) is 0 Å². The predicted octanol–water partition coefficient (Wildman–Crippen LogP) is -0.364. The maximum absolute atomic E-state index is 11.3. The number of ether oxygens (including phenoxy) is 8. The molecule has 15 heteroatoms. The Kier molecular flexibility index (Phi) is 26.5. The number of aliphatic hydroxyl groups is 1. The van der Waals surface area contributed by atoms with Crippen molar-refractivity contribution in [1.82, 2.24) is 0 Å². The lowest BCUT2D eigenvalue weighted by atomic mass is 10.4. The monoisotopic (exact) mass is 497 g/mol. The molecule has 0 aromatic carbocycles. The summed E-state index contributed by atoms with van der Waals surface area (Å²) in [4.78, 5) is 35.3. The van der Waals surface area contributed by atoms with Gasteiger partial charge in [-0.25, -0.2) is 14.4 Å². The fraction of sp³-hybridized carbons (Fsp3) is 0.842. The van der Waals surface area contributed by atoms with Crippen LogP contribution in [0.1, 0.15) is 6.92 Å². The summed E-state index contributed by atoms with van der Waals surface area (Å²) in [6.45, 7) is 3.64. The minimum atomic E-state index is -1.08. The molecular weight excluding hydrogens is 462 g/mol. The molecule has 0 saturated carbocycles. The molecule has 0 aliphatic carbocycles. The summed E-state index contributed by atoms with van der Waals surface area (Å²) in [6.07, 6.45) is -1.08. The van der Waals surface area contributed by atoms with Crippen LogP contribution in [0.4, 0.5) is 0 Å². The highest BCUT2D eigenvalue weighted by Crippen LogP contribution is 1.95. The number of hydrogen-bond donors (Lipinski definition) is 1. The van der Waals surface area contributed by atoms with E-state index in [-0.39, 0.29) is 38.9 Å². The standard InChI is InChI=1S/C11H19N3O7.C8H16O5/c1-9(21-10(16)8-15)11(17)20-7-6-19-5-4-18-3-2-13-14-12;1-10-3-4-12-5-6-13-8(9)7-11-2/h9,15H,2-8H2,1H3;3-7H2,1-2H3. The van der Waals surface area contributed by atoms with Gasteiger partial charge in [-0.1, -0.05) is 5.11 Å². The smallest absolute Gasteiger partial charge is 0.347 e. The number of aliphatic hydroxyl groups excluding tert-OH is 1. The Hall–Kier alpha value is -2.52. The van der Waals surface area contributed by atoms with Crippen molar-refractivity contribution in [3.05, 3.63) is 10.4 Å². The van der Waals surface area contributed by atoms with E-state index in [0.29, 0.717) is 39.6 Å². The van der Waals surface area contributed by atoms with E-state index in [9.17, 15) is 14.4 Å². The molecule has 0 fully saturated rings. The first-order valence-electron chi connectivity index (χ1n) is 10.3. The summed E-state index contributed by atoms with van der Waals surface area (Å²) in [5.74, 6) is -1.99. The Morgan fingerprint density at radius 3 is 1.94 bits per heavy atom. The van der Waals surface area contributed by atoms with E-state index >= 15 is 0 Å². The number of hydrogen-bond acceptors (Lipinski definition) is 13. The zero-order valence-electron chi connectivity index (χ0n) is 19.8. The van der Waals surface area contributed by atoms with Gasteiger partial charge in [0, 0.05) is 25.7 Å². The van der Waals surface area contributed by atoms with E-state index in [4.69, 9.17) is 39.1 Å². The largest absolute Gasteiger partial charge is 0.462 e. The quantitative estimate of drug-likeness (QED) is 0.0573. The molecule has 0 aromatic rings. The second-order valence-corrected chi connectivity index (χ2v) is 5.90. The van der Waals surface area contributed by atoms with Gasteiger partial charge in [0.1, 0.15) is 26.4 Å². The van der Waals surface area contributed by atoms with Crippen molar-refractivity contribution in [3.8, 4) is 0 Å². The molecule has 198 valence electrons. The van der Waals surface area contributed by atoms with E-state index in [1.54, 1.807) is 7.11 Å². The normalized spacial score (nSPS) is 10.8. The minimum Gasteiger partial charge on any atom is -0.462 e. The Bertz CT molecular complexity index is 573. The number of rotatable bonds is 20. The maximum atomic E-state index is 11.3. The lowest BCUT2D eigenvalue weighted by molar-refractivity contribution is -0.169. The van der Waals surface area contributed by atoms with Crippen molar-refractivity contribution in [2.75, 3.05) is 93.4 Å². The number of carbonyl (C=O) groups excluding carboxylic acids is 3. The van der Waals surface area contributed by atoms with Crippen molar-refractivity contribution in [2.24, 2.45) is 5.11 Å². The molecule has 1 atom stereocenters. The first kappa shape index (κ1) is 33.7. The summed E-state index contributed by atoms with van der Waals surface area (Å²) in [6, 6.07) is 0. The van der Waals surface area contributed by atoms with Crippen LogP contribution < -0.4 is 0 Å². The van der Waals surface area contributed by atoms with Gasteiger partial charge in [-0.05, 0) is 12.5 Å². The SMILES string of the molecule is CC(OC(=O)CO)C(=O)OCCOCCOCCN=[N+]=[N-].COCCOCCOC(=O)COC. The van der Waals surface area contributed by atoms with Gasteiger partial charge < -0.3 is 43.0 Å². The van der Waals surface area contributed by atoms with Gasteiger partial charge in [-0.3, -0.25) is 0 Å². The van der Waals surface area contributed by atoms with Gasteiger partial charge in [0.25, 0.3) is 0 Å². The van der Waals surface area contributed by atoms with Crippen LogP contribution in [-0.2, 0) is 52.3 Å². The van der Waals surface area contributed by atoms with E-state index in [1.807, 2.05) is 0 Å². The van der Waals surface area contributed by atoms with Crippen LogP contribution in [0.15, 0.2) is 5.11 Å². The molecule has 1 N–H and O–H groups in total. The van der Waals surface area contributed by atoms with Crippen molar-refractivity contribution >= 4 is 17.9 Å². The van der Waals surface area contributed by atoms with Crippen LogP contribution in [-0.4, -0.2) is 123 Å². The van der Waals surface area contributed by atoms with Crippen LogP contribution >= 0.6 is 0 Å². The number of carbonyl (C=O) groups is 3. The Balaban J connectivity index is 0. The fourth-order valence-electron chi connectivity index (χ4n) is 1.69. The molecule has 1 unspecified atom stereocenters. The number of azide groups is 1. The molecule has 0 spiro atoms. The molecule has 0 radical (unpaired) electrons. The lowest BCUT2D eigenvalue weighted by Gasteiger charge is -2.12. The number of esters is 3. The fourth-order valence-corrected chi connectivity index (χ4v) is 1.69. The molecule has 0 aliphatic rings. The third kappa shape index (κ3) is 25.7. The van der Waals surface area contributed by atoms with Crippen LogP contribution in [0.25, 0.3) is 10.4 Å². The molecule has 0 aromatic heterocycles. The summed E-state index contributed by atoms with van der Waals surface area (Å²) in [7, 11) is 3.04. The lowest BCUT2D eigenvalue weighted by Crippen LogP contribution is -2.28. The summed E-state index contributed by atoms with van der Waals surface area (Å²) in [5.41, 5.74) is 8.01. The molecule has 0 bridgehead atoms. The van der Waals surface area contributed by atoms with Gasteiger partial charge in [-0.15, -0.1) is 0 Å². The molecule has 0 saturated heterocycles. The van der Waals surface area contributed by atoms with E-state index in [1.165, 1.54) is 14.0 Å². The first-order chi connectivity index (χ1) is 16.4. The summed E-state index contributed by atoms with van der Waals surface area (Å²) in [5, 5.41) is 11.7. The second kappa shape index (κ2) is 26.7. The van der Waals surface area contributed by atoms with Crippen molar-refractivity contribution < 1.29 is 57.4 Å². The molecule has 0 rings (SSSR count). The van der Waals surface area contributed by atoms with Crippen LogP contribution in [0, 0.1) is 0 Å². The van der Waals surface area contributed by atoms with Gasteiger partial charge in [0.05, 0.1) is 46.2 Å². The maximum Gasteiger partial charge on any atom is 0.347 e. The molecule has 0 heterocycles. The molecular formula is C19H35N3O12. The van der Waals surface area contributed by atoms with E-state index < -0.39 is 24.6 Å². The predicted molar refractivity (Wildman–Crippen MR) is 115 cm³/mol. The molecule has 0 amide bonds. The zero-order valence-corrected chi connectivity index (χ0v) is 19.8. The summed E-state index contributed by atoms with van der Waals surface area (Å²) >= 11 is 0. The Morgan fingerprint density at radius 1 is 0.824 bits per heavy atom. The minimum absolute atomic E-state index is 0.0125. The molecule has 0 aliphatic heterocycles. The first-order valence-corrected chi connectivity index (χ1v) is 10.3. The Labute approximate surface area is 198 Å². The van der Waals surface area contributed by atoms with E-state index in [2.05, 4.69) is 19.5 Å². The van der Waals surface area contributed by atoms with E-state index in [0.717, 1.165) is 0 Å². The van der Waals surface area contributed by atoms with Gasteiger partial charge in [0.15, 0.2) is 6.10 Å².